The second-order valence-electron chi connectivity index (χ2n) is 4.92. The summed E-state index contributed by atoms with van der Waals surface area (Å²) in [6.45, 7) is 1.82. The Hall–Kier alpha value is -1.98. The topological polar surface area (TPSA) is 47.3 Å². The number of rotatable bonds is 5. The highest BCUT2D eigenvalue weighted by Crippen LogP contribution is 2.24. The van der Waals surface area contributed by atoms with E-state index in [1.807, 2.05) is 13.0 Å². The lowest BCUT2D eigenvalue weighted by molar-refractivity contribution is 0.386. The average molecular weight is 292 g/mol. The van der Waals surface area contributed by atoms with Gasteiger partial charge in [0, 0.05) is 5.56 Å². The Labute approximate surface area is 122 Å². The molecule has 2 aromatic carbocycles. The van der Waals surface area contributed by atoms with Crippen molar-refractivity contribution in [2.45, 2.75) is 19.4 Å². The first-order valence-electron chi connectivity index (χ1n) is 6.59. The molecule has 0 amide bonds. The SMILES string of the molecule is COc1ccc(CC(NN)c2ccc(C)cc2F)cc1F. The Kier molecular flexibility index (Phi) is 4.88. The third-order valence-corrected chi connectivity index (χ3v) is 3.39. The number of halogens is 2. The number of hydrazine groups is 1. The lowest BCUT2D eigenvalue weighted by atomic mass is 9.98. The van der Waals surface area contributed by atoms with Crippen molar-refractivity contribution in [1.29, 1.82) is 0 Å². The van der Waals surface area contributed by atoms with Gasteiger partial charge in [-0.1, -0.05) is 18.2 Å². The van der Waals surface area contributed by atoms with E-state index in [1.165, 1.54) is 19.2 Å². The van der Waals surface area contributed by atoms with Crippen molar-refractivity contribution in [2.24, 2.45) is 5.84 Å². The fraction of sp³-hybridized carbons (Fsp3) is 0.250. The molecule has 112 valence electrons. The van der Waals surface area contributed by atoms with E-state index in [0.717, 1.165) is 5.56 Å². The van der Waals surface area contributed by atoms with Crippen LogP contribution in [0.1, 0.15) is 22.7 Å². The highest BCUT2D eigenvalue weighted by Gasteiger charge is 2.16. The number of benzene rings is 2. The molecule has 0 aliphatic rings. The van der Waals surface area contributed by atoms with Gasteiger partial charge in [-0.05, 0) is 42.7 Å². The Morgan fingerprint density at radius 1 is 1.14 bits per heavy atom. The Balaban J connectivity index is 2.24. The van der Waals surface area contributed by atoms with E-state index in [1.54, 1.807) is 18.2 Å². The third-order valence-electron chi connectivity index (χ3n) is 3.39. The van der Waals surface area contributed by atoms with Crippen LogP contribution in [0.5, 0.6) is 5.75 Å². The molecular weight excluding hydrogens is 274 g/mol. The molecule has 2 aromatic rings. The second-order valence-corrected chi connectivity index (χ2v) is 4.92. The Bertz CT molecular complexity index is 632. The molecule has 1 atom stereocenters. The average Bonchev–Trinajstić information content (AvgIpc) is 2.45. The molecular formula is C16H18F2N2O. The molecule has 3 N–H and O–H groups in total. The lowest BCUT2D eigenvalue weighted by Crippen LogP contribution is -2.30. The second kappa shape index (κ2) is 6.65. The van der Waals surface area contributed by atoms with E-state index in [-0.39, 0.29) is 11.6 Å². The van der Waals surface area contributed by atoms with Crippen molar-refractivity contribution in [3.63, 3.8) is 0 Å². The zero-order valence-electron chi connectivity index (χ0n) is 12.0. The highest BCUT2D eigenvalue weighted by atomic mass is 19.1. The minimum atomic E-state index is -0.449. The van der Waals surface area contributed by atoms with Gasteiger partial charge in [-0.15, -0.1) is 0 Å². The molecule has 0 radical (unpaired) electrons. The maximum Gasteiger partial charge on any atom is 0.165 e. The van der Waals surface area contributed by atoms with Gasteiger partial charge in [0.2, 0.25) is 0 Å². The van der Waals surface area contributed by atoms with Crippen LogP contribution in [-0.2, 0) is 6.42 Å². The van der Waals surface area contributed by atoms with Gasteiger partial charge in [0.1, 0.15) is 5.82 Å². The number of nitrogens with two attached hydrogens (primary N) is 1. The highest BCUT2D eigenvalue weighted by molar-refractivity contribution is 5.32. The van der Waals surface area contributed by atoms with E-state index >= 15 is 0 Å². The number of nitrogens with one attached hydrogen (secondary N) is 1. The molecule has 0 aliphatic heterocycles. The van der Waals surface area contributed by atoms with Crippen LogP contribution in [-0.4, -0.2) is 7.11 Å². The minimum Gasteiger partial charge on any atom is -0.494 e. The van der Waals surface area contributed by atoms with Crippen molar-refractivity contribution in [2.75, 3.05) is 7.11 Å². The maximum absolute atomic E-state index is 14.0. The van der Waals surface area contributed by atoms with Crippen LogP contribution in [0, 0.1) is 18.6 Å². The summed E-state index contributed by atoms with van der Waals surface area (Å²) in [5.41, 5.74) is 4.58. The van der Waals surface area contributed by atoms with Crippen molar-refractivity contribution in [1.82, 2.24) is 5.43 Å². The summed E-state index contributed by atoms with van der Waals surface area (Å²) < 4.78 is 32.6. The van der Waals surface area contributed by atoms with Gasteiger partial charge in [-0.3, -0.25) is 11.3 Å². The van der Waals surface area contributed by atoms with Gasteiger partial charge in [-0.25, -0.2) is 8.78 Å². The first-order valence-corrected chi connectivity index (χ1v) is 6.59. The molecule has 3 nitrogen and oxygen atoms in total. The van der Waals surface area contributed by atoms with Crippen molar-refractivity contribution < 1.29 is 13.5 Å². The molecule has 0 saturated carbocycles. The van der Waals surface area contributed by atoms with Gasteiger partial charge in [-0.2, -0.15) is 0 Å². The smallest absolute Gasteiger partial charge is 0.165 e. The standard InChI is InChI=1S/C16H18F2N2O/c1-10-3-5-12(13(17)7-10)15(20-19)9-11-4-6-16(21-2)14(18)8-11/h3-8,15,20H,9,19H2,1-2H3. The molecule has 0 bridgehead atoms. The van der Waals surface area contributed by atoms with Gasteiger partial charge in [0.15, 0.2) is 11.6 Å². The molecule has 0 aromatic heterocycles. The summed E-state index contributed by atoms with van der Waals surface area (Å²) >= 11 is 0. The van der Waals surface area contributed by atoms with Crippen LogP contribution in [0.4, 0.5) is 8.78 Å². The van der Waals surface area contributed by atoms with Crippen LogP contribution in [0.2, 0.25) is 0 Å². The normalized spacial score (nSPS) is 12.2. The molecule has 1 unspecified atom stereocenters. The number of methoxy groups -OCH3 is 1. The van der Waals surface area contributed by atoms with E-state index < -0.39 is 11.9 Å². The molecule has 0 heterocycles. The zero-order valence-corrected chi connectivity index (χ0v) is 12.0. The summed E-state index contributed by atoms with van der Waals surface area (Å²) in [6.07, 6.45) is 0.372. The summed E-state index contributed by atoms with van der Waals surface area (Å²) in [5.74, 6) is 4.92. The molecule has 0 aliphatic carbocycles. The predicted molar refractivity (Wildman–Crippen MR) is 77.9 cm³/mol. The predicted octanol–water partition coefficient (Wildman–Crippen LogP) is 3.03. The van der Waals surface area contributed by atoms with Crippen LogP contribution in [0.15, 0.2) is 36.4 Å². The van der Waals surface area contributed by atoms with E-state index in [4.69, 9.17) is 10.6 Å². The molecule has 21 heavy (non-hydrogen) atoms. The van der Waals surface area contributed by atoms with Gasteiger partial charge >= 0.3 is 0 Å². The van der Waals surface area contributed by atoms with Gasteiger partial charge in [0.25, 0.3) is 0 Å². The van der Waals surface area contributed by atoms with Crippen LogP contribution in [0.25, 0.3) is 0 Å². The fourth-order valence-corrected chi connectivity index (χ4v) is 2.25. The van der Waals surface area contributed by atoms with Crippen molar-refractivity contribution >= 4 is 0 Å². The van der Waals surface area contributed by atoms with Crippen molar-refractivity contribution in [3.8, 4) is 5.75 Å². The van der Waals surface area contributed by atoms with E-state index in [2.05, 4.69) is 5.43 Å². The summed E-state index contributed by atoms with van der Waals surface area (Å²) in [4.78, 5) is 0. The zero-order chi connectivity index (χ0) is 15.4. The largest absolute Gasteiger partial charge is 0.494 e. The number of hydrogen-bond acceptors (Lipinski definition) is 3. The molecule has 0 saturated heterocycles. The molecule has 2 rings (SSSR count). The van der Waals surface area contributed by atoms with Gasteiger partial charge < -0.3 is 4.74 Å². The molecule has 5 heteroatoms. The summed E-state index contributed by atoms with van der Waals surface area (Å²) in [5, 5.41) is 0. The van der Waals surface area contributed by atoms with Crippen molar-refractivity contribution in [3.05, 3.63) is 64.7 Å². The maximum atomic E-state index is 14.0. The van der Waals surface area contributed by atoms with E-state index in [9.17, 15) is 8.78 Å². The van der Waals surface area contributed by atoms with Crippen LogP contribution < -0.4 is 16.0 Å². The molecule has 0 fully saturated rings. The van der Waals surface area contributed by atoms with Gasteiger partial charge in [0.05, 0.1) is 13.2 Å². The minimum absolute atomic E-state index is 0.178. The fourth-order valence-electron chi connectivity index (χ4n) is 2.25. The number of ether oxygens (including phenoxy) is 1. The Morgan fingerprint density at radius 2 is 1.90 bits per heavy atom. The first kappa shape index (κ1) is 15.4. The molecule has 0 spiro atoms. The quantitative estimate of drug-likeness (QED) is 0.658. The Morgan fingerprint density at radius 3 is 2.48 bits per heavy atom. The monoisotopic (exact) mass is 292 g/mol. The first-order chi connectivity index (χ1) is 10.0. The third kappa shape index (κ3) is 3.56. The van der Waals surface area contributed by atoms with E-state index in [0.29, 0.717) is 17.5 Å². The number of hydrogen-bond donors (Lipinski definition) is 2. The lowest BCUT2D eigenvalue weighted by Gasteiger charge is -2.18. The van der Waals surface area contributed by atoms with Crippen LogP contribution in [0.3, 0.4) is 0 Å². The summed E-state index contributed by atoms with van der Waals surface area (Å²) in [7, 11) is 1.41. The summed E-state index contributed by atoms with van der Waals surface area (Å²) in [6, 6.07) is 9.18. The number of aryl methyl sites for hydroxylation is 1. The van der Waals surface area contributed by atoms with Crippen LogP contribution >= 0.6 is 0 Å².